The Balaban J connectivity index is 1.73. The Morgan fingerprint density at radius 1 is 1.00 bits per heavy atom. The van der Waals surface area contributed by atoms with Crippen molar-refractivity contribution in [2.75, 3.05) is 4.90 Å². The van der Waals surface area contributed by atoms with Crippen molar-refractivity contribution in [2.24, 2.45) is 0 Å². The largest absolute Gasteiger partial charge is 0.507 e. The highest BCUT2D eigenvalue weighted by Gasteiger charge is 2.48. The van der Waals surface area contributed by atoms with Gasteiger partial charge in [-0.3, -0.25) is 14.5 Å². The zero-order valence-corrected chi connectivity index (χ0v) is 19.4. The molecule has 5 nitrogen and oxygen atoms in total. The molecule has 0 spiro atoms. The number of fused-ring (bicyclic) bond motifs is 1. The number of carbonyl (C=O) groups is 2. The number of aromatic nitrogens is 1. The number of aliphatic hydroxyl groups excluding tert-OH is 1. The SMILES string of the molecule is Cc1ccc(C(O)=C2C(=O)C(=O)N(c3nc4ccccc4s3)C2c2ccc(Br)cc2)cc1. The first-order valence-electron chi connectivity index (χ1n) is 9.93. The van der Waals surface area contributed by atoms with Crippen LogP contribution >= 0.6 is 27.3 Å². The number of halogens is 1. The van der Waals surface area contributed by atoms with Crippen LogP contribution < -0.4 is 4.90 Å². The molecule has 1 N–H and O–H groups in total. The molecule has 5 rings (SSSR count). The van der Waals surface area contributed by atoms with Gasteiger partial charge < -0.3 is 5.11 Å². The maximum absolute atomic E-state index is 13.2. The number of rotatable bonds is 3. The lowest BCUT2D eigenvalue weighted by Gasteiger charge is -2.23. The Labute approximate surface area is 196 Å². The molecule has 4 aromatic rings. The first-order chi connectivity index (χ1) is 15.4. The van der Waals surface area contributed by atoms with E-state index in [2.05, 4.69) is 20.9 Å². The molecule has 1 fully saturated rings. The molecule has 0 saturated carbocycles. The molecule has 1 aromatic heterocycles. The van der Waals surface area contributed by atoms with Crippen LogP contribution in [0.2, 0.25) is 0 Å². The molecule has 1 aliphatic rings. The summed E-state index contributed by atoms with van der Waals surface area (Å²) in [5.74, 6) is -1.62. The maximum Gasteiger partial charge on any atom is 0.301 e. The molecule has 1 atom stereocenters. The van der Waals surface area contributed by atoms with E-state index < -0.39 is 17.7 Å². The molecule has 1 aliphatic heterocycles. The van der Waals surface area contributed by atoms with Gasteiger partial charge in [-0.2, -0.15) is 0 Å². The number of amides is 1. The van der Waals surface area contributed by atoms with Crippen LogP contribution in [0.1, 0.15) is 22.7 Å². The van der Waals surface area contributed by atoms with Gasteiger partial charge in [-0.05, 0) is 36.8 Å². The Morgan fingerprint density at radius 2 is 1.69 bits per heavy atom. The minimum Gasteiger partial charge on any atom is -0.507 e. The molecular formula is C25H17BrN2O3S. The zero-order valence-electron chi connectivity index (χ0n) is 16.9. The van der Waals surface area contributed by atoms with E-state index >= 15 is 0 Å². The van der Waals surface area contributed by atoms with Crippen molar-refractivity contribution in [2.45, 2.75) is 13.0 Å². The summed E-state index contributed by atoms with van der Waals surface area (Å²) < 4.78 is 1.79. The Kier molecular flexibility index (Phi) is 5.15. The fraction of sp³-hybridized carbons (Fsp3) is 0.0800. The van der Waals surface area contributed by atoms with Crippen molar-refractivity contribution in [3.05, 3.63) is 99.5 Å². The summed E-state index contributed by atoms with van der Waals surface area (Å²) in [5, 5.41) is 11.6. The molecule has 1 amide bonds. The number of hydrogen-bond donors (Lipinski definition) is 1. The van der Waals surface area contributed by atoms with Crippen LogP contribution in [-0.4, -0.2) is 21.8 Å². The quantitative estimate of drug-likeness (QED) is 0.211. The fourth-order valence-electron chi connectivity index (χ4n) is 3.82. The predicted molar refractivity (Wildman–Crippen MR) is 130 cm³/mol. The van der Waals surface area contributed by atoms with Gasteiger partial charge in [0.1, 0.15) is 5.76 Å². The second kappa shape index (κ2) is 8.00. The molecule has 7 heteroatoms. The van der Waals surface area contributed by atoms with Crippen molar-refractivity contribution >= 4 is 60.1 Å². The third-order valence-corrected chi connectivity index (χ3v) is 7.01. The van der Waals surface area contributed by atoms with Crippen molar-refractivity contribution < 1.29 is 14.7 Å². The minimum atomic E-state index is -0.787. The molecule has 2 heterocycles. The van der Waals surface area contributed by atoms with Crippen molar-refractivity contribution in [1.29, 1.82) is 0 Å². The smallest absolute Gasteiger partial charge is 0.301 e. The molecule has 0 bridgehead atoms. The van der Waals surface area contributed by atoms with Gasteiger partial charge in [0.25, 0.3) is 5.78 Å². The van der Waals surface area contributed by atoms with Crippen LogP contribution in [0.3, 0.4) is 0 Å². The topological polar surface area (TPSA) is 70.5 Å². The van der Waals surface area contributed by atoms with E-state index in [4.69, 9.17) is 0 Å². The molecule has 3 aromatic carbocycles. The van der Waals surface area contributed by atoms with Gasteiger partial charge in [-0.25, -0.2) is 4.98 Å². The van der Waals surface area contributed by atoms with Gasteiger partial charge in [0, 0.05) is 10.0 Å². The maximum atomic E-state index is 13.2. The van der Waals surface area contributed by atoms with Gasteiger partial charge in [0.2, 0.25) is 0 Å². The van der Waals surface area contributed by atoms with E-state index in [1.165, 1.54) is 16.2 Å². The molecule has 1 unspecified atom stereocenters. The summed E-state index contributed by atoms with van der Waals surface area (Å²) in [6.07, 6.45) is 0. The van der Waals surface area contributed by atoms with Crippen LogP contribution in [0.5, 0.6) is 0 Å². The van der Waals surface area contributed by atoms with Crippen LogP contribution in [0.15, 0.2) is 82.8 Å². The summed E-state index contributed by atoms with van der Waals surface area (Å²) in [6.45, 7) is 1.94. The fourth-order valence-corrected chi connectivity index (χ4v) is 5.08. The molecule has 32 heavy (non-hydrogen) atoms. The first kappa shape index (κ1) is 20.6. The summed E-state index contributed by atoms with van der Waals surface area (Å²) >= 11 is 4.77. The number of hydrogen-bond acceptors (Lipinski definition) is 5. The van der Waals surface area contributed by atoms with E-state index in [-0.39, 0.29) is 11.3 Å². The lowest BCUT2D eigenvalue weighted by Crippen LogP contribution is -2.29. The van der Waals surface area contributed by atoms with Crippen LogP contribution in [-0.2, 0) is 9.59 Å². The van der Waals surface area contributed by atoms with E-state index in [1.54, 1.807) is 12.1 Å². The van der Waals surface area contributed by atoms with Crippen LogP contribution in [0.4, 0.5) is 5.13 Å². The van der Waals surface area contributed by atoms with Crippen molar-refractivity contribution in [1.82, 2.24) is 4.98 Å². The predicted octanol–water partition coefficient (Wildman–Crippen LogP) is 5.99. The number of benzene rings is 3. The number of anilines is 1. The number of carbonyl (C=O) groups excluding carboxylic acids is 2. The zero-order chi connectivity index (χ0) is 22.4. The highest BCUT2D eigenvalue weighted by Crippen LogP contribution is 2.44. The lowest BCUT2D eigenvalue weighted by atomic mass is 9.95. The van der Waals surface area contributed by atoms with Gasteiger partial charge >= 0.3 is 5.91 Å². The molecule has 158 valence electrons. The van der Waals surface area contributed by atoms with Crippen molar-refractivity contribution in [3.63, 3.8) is 0 Å². The highest BCUT2D eigenvalue weighted by atomic mass is 79.9. The number of nitrogens with zero attached hydrogens (tertiary/aromatic N) is 2. The highest BCUT2D eigenvalue weighted by molar-refractivity contribution is 9.10. The lowest BCUT2D eigenvalue weighted by molar-refractivity contribution is -0.132. The Hall–Kier alpha value is -3.29. The van der Waals surface area contributed by atoms with E-state index in [0.29, 0.717) is 16.3 Å². The van der Waals surface area contributed by atoms with E-state index in [1.807, 2.05) is 67.6 Å². The molecule has 0 radical (unpaired) electrons. The number of aryl methyl sites for hydroxylation is 1. The monoisotopic (exact) mass is 504 g/mol. The molecular weight excluding hydrogens is 488 g/mol. The average Bonchev–Trinajstić information content (AvgIpc) is 3.33. The summed E-state index contributed by atoms with van der Waals surface area (Å²) in [5.41, 5.74) is 3.03. The third kappa shape index (κ3) is 3.43. The first-order valence-corrected chi connectivity index (χ1v) is 11.5. The second-order valence-corrected chi connectivity index (χ2v) is 9.48. The van der Waals surface area contributed by atoms with Crippen LogP contribution in [0.25, 0.3) is 16.0 Å². The standard InChI is InChI=1S/C25H17BrN2O3S/c1-14-6-8-16(9-7-14)22(29)20-21(15-10-12-17(26)13-11-15)28(24(31)23(20)30)25-27-18-4-2-3-5-19(18)32-25/h2-13,21,29H,1H3. The Bertz CT molecular complexity index is 1360. The van der Waals surface area contributed by atoms with Gasteiger partial charge in [0.05, 0.1) is 21.8 Å². The van der Waals surface area contributed by atoms with Gasteiger partial charge in [0.15, 0.2) is 5.13 Å². The summed E-state index contributed by atoms with van der Waals surface area (Å²) in [6, 6.07) is 21.4. The van der Waals surface area contributed by atoms with Crippen LogP contribution in [0, 0.1) is 6.92 Å². The molecule has 0 aliphatic carbocycles. The average molecular weight is 505 g/mol. The second-order valence-electron chi connectivity index (χ2n) is 7.55. The van der Waals surface area contributed by atoms with E-state index in [9.17, 15) is 14.7 Å². The number of Topliss-reactive ketones (excluding diaryl/α,β-unsaturated/α-hetero) is 1. The summed E-state index contributed by atoms with van der Waals surface area (Å²) in [4.78, 5) is 32.4. The Morgan fingerprint density at radius 3 is 2.38 bits per heavy atom. The van der Waals surface area contributed by atoms with Gasteiger partial charge in [-0.15, -0.1) is 0 Å². The normalized spacial score (nSPS) is 17.9. The third-order valence-electron chi connectivity index (χ3n) is 5.44. The number of ketones is 1. The molecule has 1 saturated heterocycles. The number of thiazole rings is 1. The minimum absolute atomic E-state index is 0.0560. The number of aliphatic hydroxyl groups is 1. The van der Waals surface area contributed by atoms with E-state index in [0.717, 1.165) is 20.3 Å². The van der Waals surface area contributed by atoms with Gasteiger partial charge in [-0.1, -0.05) is 81.4 Å². The summed E-state index contributed by atoms with van der Waals surface area (Å²) in [7, 11) is 0. The van der Waals surface area contributed by atoms with Crippen molar-refractivity contribution in [3.8, 4) is 0 Å². The number of para-hydroxylation sites is 1.